The average Bonchev–Trinajstić information content (AvgIpc) is 3.19. The van der Waals surface area contributed by atoms with E-state index in [2.05, 4.69) is 6.92 Å². The number of halogens is 1. The predicted octanol–water partition coefficient (Wildman–Crippen LogP) is 3.16. The Bertz CT molecular complexity index is 509. The first-order valence-corrected chi connectivity index (χ1v) is 6.42. The zero-order valence-corrected chi connectivity index (χ0v) is 11.1. The smallest absolute Gasteiger partial charge is 0.328 e. The number of carboxylic acids is 1. The van der Waals surface area contributed by atoms with Crippen LogP contribution in [0.1, 0.15) is 25.3 Å². The highest BCUT2D eigenvalue weighted by molar-refractivity contribution is 5.85. The van der Waals surface area contributed by atoms with Gasteiger partial charge in [0.15, 0.2) is 0 Å². The molecule has 1 aromatic rings. The van der Waals surface area contributed by atoms with Crippen molar-refractivity contribution in [3.05, 3.63) is 35.7 Å². The van der Waals surface area contributed by atoms with Gasteiger partial charge in [-0.2, -0.15) is 0 Å². The number of hydrogen-bond donors (Lipinski definition) is 1. The van der Waals surface area contributed by atoms with Crippen LogP contribution in [0.4, 0.5) is 10.1 Å². The lowest BCUT2D eigenvalue weighted by molar-refractivity contribution is -0.131. The van der Waals surface area contributed by atoms with Crippen molar-refractivity contribution in [2.45, 2.75) is 25.8 Å². The Balaban J connectivity index is 2.16. The number of carboxylic acid groups (broad SMARTS) is 1. The van der Waals surface area contributed by atoms with Crippen LogP contribution in [-0.4, -0.2) is 24.2 Å². The molecule has 0 aromatic heterocycles. The minimum absolute atomic E-state index is 0.317. The summed E-state index contributed by atoms with van der Waals surface area (Å²) in [5.41, 5.74) is 1.11. The van der Waals surface area contributed by atoms with Crippen LogP contribution in [0.5, 0.6) is 0 Å². The molecule has 1 atom stereocenters. The van der Waals surface area contributed by atoms with Gasteiger partial charge in [0.1, 0.15) is 5.82 Å². The van der Waals surface area contributed by atoms with Crippen LogP contribution in [0.2, 0.25) is 0 Å². The van der Waals surface area contributed by atoms with E-state index in [1.54, 1.807) is 12.1 Å². The van der Waals surface area contributed by atoms with Crippen molar-refractivity contribution in [3.63, 3.8) is 0 Å². The molecule has 3 nitrogen and oxygen atoms in total. The highest BCUT2D eigenvalue weighted by Crippen LogP contribution is 2.36. The van der Waals surface area contributed by atoms with Crippen LogP contribution in [0.3, 0.4) is 0 Å². The fourth-order valence-electron chi connectivity index (χ4n) is 2.19. The van der Waals surface area contributed by atoms with Gasteiger partial charge in [0.05, 0.1) is 5.69 Å². The molecule has 0 bridgehead atoms. The Hall–Kier alpha value is -1.84. The molecule has 0 heterocycles. The van der Waals surface area contributed by atoms with E-state index in [0.29, 0.717) is 23.2 Å². The summed E-state index contributed by atoms with van der Waals surface area (Å²) in [5, 5.41) is 8.54. The second-order valence-electron chi connectivity index (χ2n) is 5.07. The predicted molar refractivity (Wildman–Crippen MR) is 73.7 cm³/mol. The molecule has 1 fully saturated rings. The van der Waals surface area contributed by atoms with Gasteiger partial charge in [-0.25, -0.2) is 9.18 Å². The van der Waals surface area contributed by atoms with Crippen molar-refractivity contribution < 1.29 is 14.3 Å². The van der Waals surface area contributed by atoms with Crippen molar-refractivity contribution in [3.8, 4) is 0 Å². The molecule has 1 aromatic carbocycles. The molecular formula is C15H18FNO2. The van der Waals surface area contributed by atoms with Crippen LogP contribution in [0.25, 0.3) is 6.08 Å². The third-order valence-corrected chi connectivity index (χ3v) is 3.69. The van der Waals surface area contributed by atoms with E-state index in [0.717, 1.165) is 6.08 Å². The van der Waals surface area contributed by atoms with E-state index in [1.165, 1.54) is 25.0 Å². The first-order chi connectivity index (χ1) is 8.99. The third kappa shape index (κ3) is 3.34. The molecule has 0 radical (unpaired) electrons. The lowest BCUT2D eigenvalue weighted by atomic mass is 10.1. The number of rotatable bonds is 5. The number of anilines is 1. The molecule has 0 aliphatic heterocycles. The molecule has 1 N–H and O–H groups in total. The zero-order chi connectivity index (χ0) is 14.0. The highest BCUT2D eigenvalue weighted by atomic mass is 19.1. The Kier molecular flexibility index (Phi) is 3.88. The Morgan fingerprint density at radius 2 is 2.21 bits per heavy atom. The van der Waals surface area contributed by atoms with Gasteiger partial charge >= 0.3 is 5.97 Å². The van der Waals surface area contributed by atoms with Gasteiger partial charge < -0.3 is 10.0 Å². The third-order valence-electron chi connectivity index (χ3n) is 3.69. The van der Waals surface area contributed by atoms with Gasteiger partial charge in [-0.15, -0.1) is 0 Å². The van der Waals surface area contributed by atoms with Crippen molar-refractivity contribution in [1.82, 2.24) is 0 Å². The molecule has 1 saturated carbocycles. The molecule has 0 spiro atoms. The van der Waals surface area contributed by atoms with Gasteiger partial charge in [-0.05, 0) is 49.5 Å². The fraction of sp³-hybridized carbons (Fsp3) is 0.400. The van der Waals surface area contributed by atoms with Crippen molar-refractivity contribution in [2.75, 3.05) is 11.9 Å². The van der Waals surface area contributed by atoms with Gasteiger partial charge in [0.25, 0.3) is 0 Å². The molecule has 1 aliphatic rings. The second-order valence-corrected chi connectivity index (χ2v) is 5.07. The standard InChI is InChI=1S/C15H18FNO2/c1-10(12-5-6-12)17(2)14-7-3-11(9-13(14)16)4-8-15(18)19/h3-4,7-10,12H,5-6H2,1-2H3,(H,18,19)/b8-4+. The monoisotopic (exact) mass is 263 g/mol. The Morgan fingerprint density at radius 3 is 2.74 bits per heavy atom. The first-order valence-electron chi connectivity index (χ1n) is 6.42. The fourth-order valence-corrected chi connectivity index (χ4v) is 2.19. The van der Waals surface area contributed by atoms with Crippen LogP contribution >= 0.6 is 0 Å². The minimum Gasteiger partial charge on any atom is -0.478 e. The van der Waals surface area contributed by atoms with Crippen molar-refractivity contribution in [1.29, 1.82) is 0 Å². The lowest BCUT2D eigenvalue weighted by Crippen LogP contribution is -2.31. The molecule has 4 heteroatoms. The van der Waals surface area contributed by atoms with Crippen molar-refractivity contribution in [2.24, 2.45) is 5.92 Å². The summed E-state index contributed by atoms with van der Waals surface area (Å²) in [6, 6.07) is 5.13. The van der Waals surface area contributed by atoms with E-state index in [4.69, 9.17) is 5.11 Å². The Labute approximate surface area is 112 Å². The number of hydrogen-bond acceptors (Lipinski definition) is 2. The molecule has 1 unspecified atom stereocenters. The summed E-state index contributed by atoms with van der Waals surface area (Å²) < 4.78 is 14.0. The molecule has 2 rings (SSSR count). The average molecular weight is 263 g/mol. The van der Waals surface area contributed by atoms with Gasteiger partial charge in [0, 0.05) is 19.2 Å². The quantitative estimate of drug-likeness (QED) is 0.830. The van der Waals surface area contributed by atoms with Crippen LogP contribution in [-0.2, 0) is 4.79 Å². The summed E-state index contributed by atoms with van der Waals surface area (Å²) >= 11 is 0. The summed E-state index contributed by atoms with van der Waals surface area (Å²) in [5.74, 6) is -0.692. The van der Waals surface area contributed by atoms with Gasteiger partial charge in [-0.3, -0.25) is 0 Å². The topological polar surface area (TPSA) is 40.5 Å². The highest BCUT2D eigenvalue weighted by Gasteiger charge is 2.31. The van der Waals surface area contributed by atoms with E-state index >= 15 is 0 Å². The van der Waals surface area contributed by atoms with Crippen molar-refractivity contribution >= 4 is 17.7 Å². The maximum absolute atomic E-state index is 14.0. The first kappa shape index (κ1) is 13.6. The van der Waals surface area contributed by atoms with E-state index < -0.39 is 5.97 Å². The zero-order valence-electron chi connectivity index (χ0n) is 11.1. The summed E-state index contributed by atoms with van der Waals surface area (Å²) in [4.78, 5) is 12.4. The molecule has 1 aliphatic carbocycles. The summed E-state index contributed by atoms with van der Waals surface area (Å²) in [6.07, 6.45) is 4.82. The van der Waals surface area contributed by atoms with Crippen LogP contribution in [0, 0.1) is 11.7 Å². The molecule has 19 heavy (non-hydrogen) atoms. The number of benzene rings is 1. The van der Waals surface area contributed by atoms with Gasteiger partial charge in [0.2, 0.25) is 0 Å². The van der Waals surface area contributed by atoms with Gasteiger partial charge in [-0.1, -0.05) is 6.07 Å². The summed E-state index contributed by atoms with van der Waals surface area (Å²) in [6.45, 7) is 2.11. The summed E-state index contributed by atoms with van der Waals surface area (Å²) in [7, 11) is 1.90. The molecule has 0 amide bonds. The van der Waals surface area contributed by atoms with E-state index in [1.807, 2.05) is 11.9 Å². The minimum atomic E-state index is -1.04. The second kappa shape index (κ2) is 5.43. The molecule has 102 valence electrons. The van der Waals surface area contributed by atoms with E-state index in [-0.39, 0.29) is 5.82 Å². The number of nitrogens with zero attached hydrogens (tertiary/aromatic N) is 1. The normalized spacial score (nSPS) is 16.6. The SMILES string of the molecule is CC(C1CC1)N(C)c1ccc(/C=C/C(=O)O)cc1F. The molecule has 0 saturated heterocycles. The largest absolute Gasteiger partial charge is 0.478 e. The van der Waals surface area contributed by atoms with E-state index in [9.17, 15) is 9.18 Å². The number of aliphatic carboxylic acids is 1. The van der Waals surface area contributed by atoms with Crippen LogP contribution in [0.15, 0.2) is 24.3 Å². The number of carbonyl (C=O) groups is 1. The lowest BCUT2D eigenvalue weighted by Gasteiger charge is -2.27. The maximum atomic E-state index is 14.0. The maximum Gasteiger partial charge on any atom is 0.328 e. The Morgan fingerprint density at radius 1 is 1.53 bits per heavy atom. The molecular weight excluding hydrogens is 245 g/mol. The van der Waals surface area contributed by atoms with Crippen LogP contribution < -0.4 is 4.90 Å².